The summed E-state index contributed by atoms with van der Waals surface area (Å²) >= 11 is 0. The SMILES string of the molecule is CCC(C)CC(C)C(N)CC. The maximum atomic E-state index is 5.92. The van der Waals surface area contributed by atoms with Crippen LogP contribution in [-0.2, 0) is 0 Å². The Labute approximate surface area is 71.4 Å². The Balaban J connectivity index is 3.58. The fraction of sp³-hybridized carbons (Fsp3) is 1.00. The van der Waals surface area contributed by atoms with Gasteiger partial charge in [0, 0.05) is 6.04 Å². The first-order valence-electron chi connectivity index (χ1n) is 4.87. The molecular formula is C10H23N. The highest BCUT2D eigenvalue weighted by molar-refractivity contribution is 4.69. The van der Waals surface area contributed by atoms with E-state index >= 15 is 0 Å². The van der Waals surface area contributed by atoms with Crippen molar-refractivity contribution in [2.24, 2.45) is 17.6 Å². The van der Waals surface area contributed by atoms with Gasteiger partial charge in [-0.3, -0.25) is 0 Å². The molecule has 0 fully saturated rings. The van der Waals surface area contributed by atoms with E-state index in [1.54, 1.807) is 0 Å². The molecule has 0 amide bonds. The zero-order valence-corrected chi connectivity index (χ0v) is 8.43. The van der Waals surface area contributed by atoms with E-state index in [9.17, 15) is 0 Å². The lowest BCUT2D eigenvalue weighted by Crippen LogP contribution is -2.28. The summed E-state index contributed by atoms with van der Waals surface area (Å²) in [6.45, 7) is 8.98. The normalized spacial score (nSPS) is 19.4. The fourth-order valence-corrected chi connectivity index (χ4v) is 1.38. The zero-order chi connectivity index (χ0) is 8.85. The van der Waals surface area contributed by atoms with Gasteiger partial charge in [-0.15, -0.1) is 0 Å². The van der Waals surface area contributed by atoms with Crippen LogP contribution in [0.25, 0.3) is 0 Å². The Morgan fingerprint density at radius 2 is 1.64 bits per heavy atom. The van der Waals surface area contributed by atoms with Crippen molar-refractivity contribution in [1.29, 1.82) is 0 Å². The monoisotopic (exact) mass is 157 g/mol. The van der Waals surface area contributed by atoms with Crippen LogP contribution in [0.4, 0.5) is 0 Å². The van der Waals surface area contributed by atoms with Crippen LogP contribution >= 0.6 is 0 Å². The smallest absolute Gasteiger partial charge is 0.00620 e. The van der Waals surface area contributed by atoms with E-state index in [1.165, 1.54) is 12.8 Å². The average Bonchev–Trinajstić information content (AvgIpc) is 2.02. The summed E-state index contributed by atoms with van der Waals surface area (Å²) in [5.41, 5.74) is 5.92. The summed E-state index contributed by atoms with van der Waals surface area (Å²) < 4.78 is 0. The molecule has 3 unspecified atom stereocenters. The van der Waals surface area contributed by atoms with Gasteiger partial charge < -0.3 is 5.73 Å². The predicted molar refractivity (Wildman–Crippen MR) is 51.5 cm³/mol. The molecule has 0 saturated heterocycles. The lowest BCUT2D eigenvalue weighted by atomic mass is 9.89. The second-order valence-electron chi connectivity index (χ2n) is 3.80. The van der Waals surface area contributed by atoms with Gasteiger partial charge >= 0.3 is 0 Å². The van der Waals surface area contributed by atoms with Crippen LogP contribution in [0.2, 0.25) is 0 Å². The maximum Gasteiger partial charge on any atom is 0.00620 e. The molecule has 0 aliphatic rings. The van der Waals surface area contributed by atoms with Crippen molar-refractivity contribution in [2.75, 3.05) is 0 Å². The summed E-state index contributed by atoms with van der Waals surface area (Å²) in [5.74, 6) is 1.53. The number of rotatable bonds is 5. The summed E-state index contributed by atoms with van der Waals surface area (Å²) in [6.07, 6.45) is 3.67. The Kier molecular flexibility index (Phi) is 5.57. The van der Waals surface area contributed by atoms with Crippen LogP contribution in [0, 0.1) is 11.8 Å². The second kappa shape index (κ2) is 5.59. The molecule has 0 aliphatic heterocycles. The highest BCUT2D eigenvalue weighted by Crippen LogP contribution is 2.17. The van der Waals surface area contributed by atoms with Crippen LogP contribution in [0.15, 0.2) is 0 Å². The van der Waals surface area contributed by atoms with E-state index in [0.29, 0.717) is 12.0 Å². The highest BCUT2D eigenvalue weighted by atomic mass is 14.6. The Morgan fingerprint density at radius 1 is 1.09 bits per heavy atom. The van der Waals surface area contributed by atoms with E-state index in [4.69, 9.17) is 5.73 Å². The first-order valence-corrected chi connectivity index (χ1v) is 4.87. The molecule has 0 radical (unpaired) electrons. The Hall–Kier alpha value is -0.0400. The minimum atomic E-state index is 0.406. The van der Waals surface area contributed by atoms with Gasteiger partial charge in [-0.25, -0.2) is 0 Å². The van der Waals surface area contributed by atoms with E-state index in [-0.39, 0.29) is 0 Å². The second-order valence-corrected chi connectivity index (χ2v) is 3.80. The van der Waals surface area contributed by atoms with Gasteiger partial charge in [0.2, 0.25) is 0 Å². The molecule has 0 aromatic rings. The topological polar surface area (TPSA) is 26.0 Å². The van der Waals surface area contributed by atoms with Crippen LogP contribution in [0.1, 0.15) is 47.0 Å². The van der Waals surface area contributed by atoms with Gasteiger partial charge in [0.15, 0.2) is 0 Å². The van der Waals surface area contributed by atoms with Crippen molar-refractivity contribution < 1.29 is 0 Å². The Bertz CT molecular complexity index is 90.9. The lowest BCUT2D eigenvalue weighted by Gasteiger charge is -2.21. The van der Waals surface area contributed by atoms with Crippen LogP contribution in [0.5, 0.6) is 0 Å². The zero-order valence-electron chi connectivity index (χ0n) is 8.43. The van der Waals surface area contributed by atoms with Crippen molar-refractivity contribution in [2.45, 2.75) is 53.0 Å². The maximum absolute atomic E-state index is 5.92. The van der Waals surface area contributed by atoms with Crippen LogP contribution < -0.4 is 5.73 Å². The molecule has 3 atom stereocenters. The van der Waals surface area contributed by atoms with Crippen molar-refractivity contribution in [1.82, 2.24) is 0 Å². The minimum Gasteiger partial charge on any atom is -0.327 e. The van der Waals surface area contributed by atoms with Crippen LogP contribution in [-0.4, -0.2) is 6.04 Å². The third-order valence-electron chi connectivity index (χ3n) is 2.67. The highest BCUT2D eigenvalue weighted by Gasteiger charge is 2.12. The molecule has 1 nitrogen and oxygen atoms in total. The number of hydrogen-bond acceptors (Lipinski definition) is 1. The number of hydrogen-bond donors (Lipinski definition) is 1. The van der Waals surface area contributed by atoms with E-state index in [1.807, 2.05) is 0 Å². The molecule has 0 heterocycles. The van der Waals surface area contributed by atoms with E-state index in [2.05, 4.69) is 27.7 Å². The molecule has 0 bridgehead atoms. The molecule has 0 aromatic heterocycles. The summed E-state index contributed by atoms with van der Waals surface area (Å²) in [7, 11) is 0. The molecule has 0 rings (SSSR count). The summed E-state index contributed by atoms with van der Waals surface area (Å²) in [6, 6.07) is 0.406. The predicted octanol–water partition coefficient (Wildman–Crippen LogP) is 2.80. The molecular weight excluding hydrogens is 134 g/mol. The van der Waals surface area contributed by atoms with Gasteiger partial charge in [0.1, 0.15) is 0 Å². The van der Waals surface area contributed by atoms with Gasteiger partial charge in [-0.05, 0) is 24.7 Å². The van der Waals surface area contributed by atoms with Gasteiger partial charge in [-0.1, -0.05) is 34.1 Å². The first-order chi connectivity index (χ1) is 5.11. The first kappa shape index (κ1) is 11.0. The van der Waals surface area contributed by atoms with E-state index < -0.39 is 0 Å². The van der Waals surface area contributed by atoms with Crippen molar-refractivity contribution in [3.05, 3.63) is 0 Å². The number of nitrogens with two attached hydrogens (primary N) is 1. The fourth-order valence-electron chi connectivity index (χ4n) is 1.38. The third kappa shape index (κ3) is 4.41. The molecule has 0 saturated carbocycles. The minimum absolute atomic E-state index is 0.406. The van der Waals surface area contributed by atoms with Crippen LogP contribution in [0.3, 0.4) is 0 Å². The van der Waals surface area contributed by atoms with Gasteiger partial charge in [0.25, 0.3) is 0 Å². The molecule has 11 heavy (non-hydrogen) atoms. The molecule has 0 aromatic carbocycles. The quantitative estimate of drug-likeness (QED) is 0.652. The lowest BCUT2D eigenvalue weighted by molar-refractivity contribution is 0.346. The molecule has 0 aliphatic carbocycles. The third-order valence-corrected chi connectivity index (χ3v) is 2.67. The average molecular weight is 157 g/mol. The molecule has 68 valence electrons. The standard InChI is InChI=1S/C10H23N/c1-5-8(3)7-9(4)10(11)6-2/h8-10H,5-7,11H2,1-4H3. The largest absolute Gasteiger partial charge is 0.327 e. The van der Waals surface area contributed by atoms with Crippen molar-refractivity contribution in [3.63, 3.8) is 0 Å². The Morgan fingerprint density at radius 3 is 2.00 bits per heavy atom. The van der Waals surface area contributed by atoms with Crippen molar-refractivity contribution in [3.8, 4) is 0 Å². The molecule has 2 N–H and O–H groups in total. The van der Waals surface area contributed by atoms with Gasteiger partial charge in [0.05, 0.1) is 0 Å². The van der Waals surface area contributed by atoms with Gasteiger partial charge in [-0.2, -0.15) is 0 Å². The van der Waals surface area contributed by atoms with E-state index in [0.717, 1.165) is 12.3 Å². The molecule has 1 heteroatoms. The van der Waals surface area contributed by atoms with Crippen molar-refractivity contribution >= 4 is 0 Å². The molecule has 0 spiro atoms. The summed E-state index contributed by atoms with van der Waals surface area (Å²) in [4.78, 5) is 0. The summed E-state index contributed by atoms with van der Waals surface area (Å²) in [5, 5.41) is 0.